The lowest BCUT2D eigenvalue weighted by Gasteiger charge is -2.20. The van der Waals surface area contributed by atoms with Crippen LogP contribution in [0.5, 0.6) is 5.75 Å². The molecule has 0 radical (unpaired) electrons. The molecule has 0 spiro atoms. The third-order valence-electron chi connectivity index (χ3n) is 4.01. The minimum absolute atomic E-state index is 0.0242. The Hall–Kier alpha value is -3.40. The second-order valence-electron chi connectivity index (χ2n) is 7.71. The molecule has 0 aliphatic carbocycles. The summed E-state index contributed by atoms with van der Waals surface area (Å²) in [6, 6.07) is 3.30. The molecular weight excluding hydrogens is 418 g/mol. The predicted molar refractivity (Wildman–Crippen MR) is 122 cm³/mol. The Balaban J connectivity index is 2.18. The zero-order valence-corrected chi connectivity index (χ0v) is 19.2. The number of nitrogens with one attached hydrogen (secondary N) is 2. The lowest BCUT2D eigenvalue weighted by atomic mass is 10.1. The van der Waals surface area contributed by atoms with E-state index >= 15 is 0 Å². The summed E-state index contributed by atoms with van der Waals surface area (Å²) in [7, 11) is 1.57. The molecule has 0 atom stereocenters. The number of aromatic nitrogens is 1. The van der Waals surface area contributed by atoms with Crippen molar-refractivity contribution in [2.45, 2.75) is 40.2 Å². The van der Waals surface area contributed by atoms with Crippen LogP contribution in [0, 0.1) is 13.8 Å². The largest absolute Gasteiger partial charge is 0.508 e. The van der Waals surface area contributed by atoms with Gasteiger partial charge in [0.1, 0.15) is 27.8 Å². The second-order valence-corrected chi connectivity index (χ2v) is 8.72. The molecule has 0 fully saturated rings. The van der Waals surface area contributed by atoms with E-state index < -0.39 is 11.6 Å². The number of aryl methyl sites for hydroxylation is 1. The van der Waals surface area contributed by atoms with E-state index in [2.05, 4.69) is 20.6 Å². The number of aliphatic imine (C=N–C) groups is 1. The van der Waals surface area contributed by atoms with Crippen molar-refractivity contribution < 1.29 is 19.4 Å². The van der Waals surface area contributed by atoms with Gasteiger partial charge in [0, 0.05) is 18.7 Å². The molecule has 1 heterocycles. The van der Waals surface area contributed by atoms with Crippen molar-refractivity contribution in [3.05, 3.63) is 46.1 Å². The van der Waals surface area contributed by atoms with Crippen LogP contribution in [0.2, 0.25) is 0 Å². The van der Waals surface area contributed by atoms with Crippen molar-refractivity contribution in [1.82, 2.24) is 10.3 Å². The van der Waals surface area contributed by atoms with Gasteiger partial charge in [-0.1, -0.05) is 17.4 Å². The fourth-order valence-electron chi connectivity index (χ4n) is 2.48. The van der Waals surface area contributed by atoms with Crippen LogP contribution in [0.4, 0.5) is 10.8 Å². The Kier molecular flexibility index (Phi) is 7.40. The fraction of sp³-hybridized carbons (Fsp3) is 0.333. The first kappa shape index (κ1) is 23.9. The van der Waals surface area contributed by atoms with E-state index in [0.29, 0.717) is 16.1 Å². The monoisotopic (exact) mass is 445 g/mol. The first-order valence-electron chi connectivity index (χ1n) is 9.44. The van der Waals surface area contributed by atoms with E-state index in [1.165, 1.54) is 12.3 Å². The summed E-state index contributed by atoms with van der Waals surface area (Å²) in [5.41, 5.74) is 7.34. The number of hydrogen-bond acceptors (Lipinski definition) is 8. The number of amides is 1. The van der Waals surface area contributed by atoms with Crippen LogP contribution >= 0.6 is 11.3 Å². The third-order valence-corrected chi connectivity index (χ3v) is 4.90. The first-order valence-corrected chi connectivity index (χ1v) is 10.3. The van der Waals surface area contributed by atoms with Gasteiger partial charge in [-0.3, -0.25) is 4.79 Å². The van der Waals surface area contributed by atoms with E-state index in [4.69, 9.17) is 10.5 Å². The SMILES string of the molecule is CN/C(=C\C(N)=N/c1ncc(C(=O)Nc2c(C)ccc(O)c2C)s1)C(=O)OC(C)(C)C. The van der Waals surface area contributed by atoms with E-state index in [-0.39, 0.29) is 28.3 Å². The minimum atomic E-state index is -0.650. The standard InChI is InChI=1S/C21H27N5O4S/c1-11-7-8-14(27)12(2)17(11)26-18(28)15-10-24-20(31-15)25-16(22)9-13(23-6)19(29)30-21(3,4)5/h7-10,23,27H,1-6H3,(H,26,28)(H2,22,24,25)/b13-9-. The van der Waals surface area contributed by atoms with E-state index in [9.17, 15) is 14.7 Å². The van der Waals surface area contributed by atoms with Crippen molar-refractivity contribution in [2.24, 2.45) is 10.7 Å². The molecule has 0 aliphatic heterocycles. The van der Waals surface area contributed by atoms with Gasteiger partial charge in [0.2, 0.25) is 5.13 Å². The molecule has 0 unspecified atom stereocenters. The lowest BCUT2D eigenvalue weighted by molar-refractivity contribution is -0.150. The maximum Gasteiger partial charge on any atom is 0.355 e. The molecule has 166 valence electrons. The number of phenolic OH excluding ortho intramolecular Hbond substituents is 1. The van der Waals surface area contributed by atoms with Crippen LogP contribution in [-0.2, 0) is 9.53 Å². The first-order chi connectivity index (χ1) is 14.4. The maximum absolute atomic E-state index is 12.6. The Morgan fingerprint density at radius 2 is 1.97 bits per heavy atom. The van der Waals surface area contributed by atoms with Gasteiger partial charge in [-0.25, -0.2) is 14.8 Å². The Morgan fingerprint density at radius 1 is 1.29 bits per heavy atom. The average molecular weight is 446 g/mol. The molecule has 0 aliphatic rings. The number of benzene rings is 1. The molecule has 0 saturated carbocycles. The highest BCUT2D eigenvalue weighted by Gasteiger charge is 2.19. The van der Waals surface area contributed by atoms with Gasteiger partial charge in [0.25, 0.3) is 5.91 Å². The molecule has 5 N–H and O–H groups in total. The molecule has 10 heteroatoms. The van der Waals surface area contributed by atoms with Crippen LogP contribution in [0.3, 0.4) is 0 Å². The van der Waals surface area contributed by atoms with Gasteiger partial charge in [0.15, 0.2) is 0 Å². The number of hydrogen-bond donors (Lipinski definition) is 4. The second kappa shape index (κ2) is 9.61. The number of nitrogens with zero attached hydrogens (tertiary/aromatic N) is 2. The lowest BCUT2D eigenvalue weighted by Crippen LogP contribution is -2.29. The number of carbonyl (C=O) groups is 2. The van der Waals surface area contributed by atoms with Crippen molar-refractivity contribution in [3.8, 4) is 5.75 Å². The highest BCUT2D eigenvalue weighted by molar-refractivity contribution is 7.17. The van der Waals surface area contributed by atoms with Gasteiger partial charge in [-0.05, 0) is 46.2 Å². The Labute approximate surface area is 185 Å². The number of carbonyl (C=O) groups excluding carboxylic acids is 2. The summed E-state index contributed by atoms with van der Waals surface area (Å²) in [5.74, 6) is -0.824. The number of ether oxygens (including phenoxy) is 1. The summed E-state index contributed by atoms with van der Waals surface area (Å²) in [4.78, 5) is 33.3. The molecule has 1 aromatic heterocycles. The van der Waals surface area contributed by atoms with Gasteiger partial charge in [-0.15, -0.1) is 0 Å². The van der Waals surface area contributed by atoms with Gasteiger partial charge in [0.05, 0.1) is 11.9 Å². The predicted octanol–water partition coefficient (Wildman–Crippen LogP) is 3.15. The molecule has 2 aromatic rings. The summed E-state index contributed by atoms with van der Waals surface area (Å²) in [6.07, 6.45) is 2.73. The summed E-state index contributed by atoms with van der Waals surface area (Å²) in [5, 5.41) is 15.6. The number of thiazole rings is 1. The van der Waals surface area contributed by atoms with Crippen LogP contribution in [0.1, 0.15) is 41.6 Å². The molecule has 1 amide bonds. The zero-order valence-electron chi connectivity index (χ0n) is 18.4. The highest BCUT2D eigenvalue weighted by atomic mass is 32.1. The Morgan fingerprint density at radius 3 is 2.58 bits per heavy atom. The van der Waals surface area contributed by atoms with Crippen molar-refractivity contribution in [3.63, 3.8) is 0 Å². The third kappa shape index (κ3) is 6.54. The number of esters is 1. The molecule has 0 saturated heterocycles. The number of phenols is 1. The average Bonchev–Trinajstić information content (AvgIpc) is 3.13. The molecule has 0 bridgehead atoms. The Bertz CT molecular complexity index is 1050. The van der Waals surface area contributed by atoms with Crippen molar-refractivity contribution >= 4 is 39.9 Å². The van der Waals surface area contributed by atoms with Crippen LogP contribution < -0.4 is 16.4 Å². The van der Waals surface area contributed by atoms with Crippen LogP contribution in [0.15, 0.2) is 35.1 Å². The van der Waals surface area contributed by atoms with Crippen LogP contribution in [-0.4, -0.2) is 40.5 Å². The minimum Gasteiger partial charge on any atom is -0.508 e. The van der Waals surface area contributed by atoms with E-state index in [0.717, 1.165) is 16.9 Å². The summed E-state index contributed by atoms with van der Waals surface area (Å²) in [6.45, 7) is 8.84. The van der Waals surface area contributed by atoms with Gasteiger partial charge in [-0.2, -0.15) is 0 Å². The summed E-state index contributed by atoms with van der Waals surface area (Å²) >= 11 is 1.04. The number of anilines is 1. The normalized spacial score (nSPS) is 12.5. The zero-order chi connectivity index (χ0) is 23.3. The van der Waals surface area contributed by atoms with Crippen LogP contribution in [0.25, 0.3) is 0 Å². The van der Waals surface area contributed by atoms with Gasteiger partial charge < -0.3 is 26.2 Å². The molecular formula is C21H27N5O4S. The summed E-state index contributed by atoms with van der Waals surface area (Å²) < 4.78 is 5.30. The van der Waals surface area contributed by atoms with E-state index in [1.807, 2.05) is 6.92 Å². The number of amidine groups is 1. The van der Waals surface area contributed by atoms with Crippen molar-refractivity contribution in [2.75, 3.05) is 12.4 Å². The number of nitrogens with two attached hydrogens (primary N) is 1. The molecule has 31 heavy (non-hydrogen) atoms. The molecule has 2 rings (SSSR count). The van der Waals surface area contributed by atoms with Crippen molar-refractivity contribution in [1.29, 1.82) is 0 Å². The number of rotatable bonds is 6. The van der Waals surface area contributed by atoms with Gasteiger partial charge >= 0.3 is 5.97 Å². The highest BCUT2D eigenvalue weighted by Crippen LogP contribution is 2.29. The maximum atomic E-state index is 12.6. The number of likely N-dealkylation sites (N-methyl/N-ethyl adjacent to an activating group) is 1. The van der Waals surface area contributed by atoms with E-state index in [1.54, 1.807) is 46.9 Å². The number of aromatic hydroxyl groups is 1. The molecule has 9 nitrogen and oxygen atoms in total. The quantitative estimate of drug-likeness (QED) is 0.232. The molecule has 1 aromatic carbocycles. The topological polar surface area (TPSA) is 139 Å². The smallest absolute Gasteiger partial charge is 0.355 e. The fourth-order valence-corrected chi connectivity index (χ4v) is 3.18.